The molecule has 5 heteroatoms. The van der Waals surface area contributed by atoms with Crippen LogP contribution in [-0.4, -0.2) is 18.2 Å². The molecule has 0 radical (unpaired) electrons. The van der Waals surface area contributed by atoms with E-state index in [4.69, 9.17) is 9.47 Å². The van der Waals surface area contributed by atoms with Gasteiger partial charge in [-0.05, 0) is 58.5 Å². The normalized spacial score (nSPS) is 10.1. The molecule has 2 rings (SSSR count). The molecule has 0 aliphatic heterocycles. The Hall–Kier alpha value is -1.76. The van der Waals surface area contributed by atoms with Gasteiger partial charge in [0.2, 0.25) is 0 Å². The molecule has 1 N–H and O–H groups in total. The van der Waals surface area contributed by atoms with E-state index in [9.17, 15) is 9.90 Å². The highest BCUT2D eigenvalue weighted by Gasteiger charge is 2.12. The maximum atomic E-state index is 11.2. The number of carboxylic acid groups (broad SMARTS) is 1. The molecule has 2 aromatic carbocycles. The molecule has 0 aromatic heterocycles. The van der Waals surface area contributed by atoms with Crippen molar-refractivity contribution in [3.63, 3.8) is 0 Å². The van der Waals surface area contributed by atoms with Gasteiger partial charge in [-0.15, -0.1) is 0 Å². The van der Waals surface area contributed by atoms with Gasteiger partial charge in [-0.1, -0.05) is 12.1 Å². The van der Waals surface area contributed by atoms with E-state index in [0.717, 1.165) is 9.13 Å². The second kappa shape index (κ2) is 6.60. The minimum atomic E-state index is -1.04. The van der Waals surface area contributed by atoms with E-state index in [1.54, 1.807) is 12.1 Å². The third-order valence-electron chi connectivity index (χ3n) is 2.72. The van der Waals surface area contributed by atoms with Gasteiger partial charge in [-0.25, -0.2) is 4.79 Å². The van der Waals surface area contributed by atoms with Crippen LogP contribution in [0.2, 0.25) is 0 Å². The predicted molar refractivity (Wildman–Crippen MR) is 83.4 cm³/mol. The largest absolute Gasteiger partial charge is 0.497 e. The van der Waals surface area contributed by atoms with Crippen molar-refractivity contribution in [1.29, 1.82) is 0 Å². The molecule has 104 valence electrons. The first-order valence-electron chi connectivity index (χ1n) is 5.88. The zero-order chi connectivity index (χ0) is 14.5. The smallest absolute Gasteiger partial charge is 0.339 e. The maximum absolute atomic E-state index is 11.2. The summed E-state index contributed by atoms with van der Waals surface area (Å²) in [4.78, 5) is 11.2. The number of hydrogen-bond donors (Lipinski definition) is 1. The number of carbonyl (C=O) groups is 1. The number of carboxylic acids is 1. The number of benzene rings is 2. The predicted octanol–water partition coefficient (Wildman–Crippen LogP) is 3.58. The molecule has 0 amide bonds. The Morgan fingerprint density at radius 1 is 1.20 bits per heavy atom. The van der Waals surface area contributed by atoms with Crippen LogP contribution in [0.3, 0.4) is 0 Å². The summed E-state index contributed by atoms with van der Waals surface area (Å²) in [5.41, 5.74) is 1.08. The van der Waals surface area contributed by atoms with Crippen LogP contribution in [0, 0.1) is 3.57 Å². The Morgan fingerprint density at radius 2 is 1.90 bits per heavy atom. The van der Waals surface area contributed by atoms with Gasteiger partial charge in [0.05, 0.1) is 7.11 Å². The first-order valence-corrected chi connectivity index (χ1v) is 6.96. The van der Waals surface area contributed by atoms with Crippen LogP contribution in [0.5, 0.6) is 11.5 Å². The molecule has 0 aliphatic rings. The first kappa shape index (κ1) is 14.6. The number of halogens is 1. The highest BCUT2D eigenvalue weighted by Crippen LogP contribution is 2.25. The lowest BCUT2D eigenvalue weighted by Crippen LogP contribution is -2.04. The molecule has 0 fully saturated rings. The number of aromatic carboxylic acids is 1. The fourth-order valence-corrected chi connectivity index (χ4v) is 2.03. The van der Waals surface area contributed by atoms with Crippen LogP contribution in [0.25, 0.3) is 0 Å². The molecule has 0 saturated heterocycles. The molecule has 0 atom stereocenters. The molecule has 0 aliphatic carbocycles. The van der Waals surface area contributed by atoms with Gasteiger partial charge < -0.3 is 14.6 Å². The zero-order valence-corrected chi connectivity index (χ0v) is 13.0. The fourth-order valence-electron chi connectivity index (χ4n) is 1.67. The summed E-state index contributed by atoms with van der Waals surface area (Å²) in [7, 11) is 1.49. The van der Waals surface area contributed by atoms with Crippen molar-refractivity contribution >= 4 is 28.6 Å². The average Bonchev–Trinajstić information content (AvgIpc) is 2.46. The van der Waals surface area contributed by atoms with Gasteiger partial charge in [-0.2, -0.15) is 0 Å². The Morgan fingerprint density at radius 3 is 2.50 bits per heavy atom. The molecule has 0 saturated carbocycles. The standard InChI is InChI=1S/C15H13IO4/c1-19-12-6-7-14(13(8-12)15(17)18)20-9-10-2-4-11(16)5-3-10/h2-8H,9H2,1H3,(H,17,18). The summed E-state index contributed by atoms with van der Waals surface area (Å²) in [5.74, 6) is -0.220. The average molecular weight is 384 g/mol. The molecular formula is C15H13IO4. The van der Waals surface area contributed by atoms with Crippen LogP contribution in [0.4, 0.5) is 0 Å². The van der Waals surface area contributed by atoms with E-state index in [0.29, 0.717) is 18.1 Å². The summed E-state index contributed by atoms with van der Waals surface area (Å²) in [6.07, 6.45) is 0. The third-order valence-corrected chi connectivity index (χ3v) is 3.44. The topological polar surface area (TPSA) is 55.8 Å². The number of ether oxygens (including phenoxy) is 2. The monoisotopic (exact) mass is 384 g/mol. The molecule has 20 heavy (non-hydrogen) atoms. The lowest BCUT2D eigenvalue weighted by atomic mass is 10.2. The third kappa shape index (κ3) is 3.63. The van der Waals surface area contributed by atoms with Crippen molar-refractivity contribution in [1.82, 2.24) is 0 Å². The maximum Gasteiger partial charge on any atom is 0.339 e. The molecule has 0 unspecified atom stereocenters. The van der Waals surface area contributed by atoms with Gasteiger partial charge in [0.15, 0.2) is 0 Å². The quantitative estimate of drug-likeness (QED) is 0.801. The van der Waals surface area contributed by atoms with Gasteiger partial charge in [-0.3, -0.25) is 0 Å². The Bertz CT molecular complexity index is 608. The molecule has 0 spiro atoms. The molecule has 4 nitrogen and oxygen atoms in total. The number of hydrogen-bond acceptors (Lipinski definition) is 3. The molecular weight excluding hydrogens is 371 g/mol. The second-order valence-corrected chi connectivity index (χ2v) is 5.33. The van der Waals surface area contributed by atoms with E-state index in [-0.39, 0.29) is 5.56 Å². The summed E-state index contributed by atoms with van der Waals surface area (Å²) in [5, 5.41) is 9.18. The summed E-state index contributed by atoms with van der Waals surface area (Å²) in [6.45, 7) is 0.323. The minimum absolute atomic E-state index is 0.0925. The van der Waals surface area contributed by atoms with Crippen LogP contribution in [0.15, 0.2) is 42.5 Å². The highest BCUT2D eigenvalue weighted by atomic mass is 127. The van der Waals surface area contributed by atoms with Crippen molar-refractivity contribution in [3.8, 4) is 11.5 Å². The molecule has 0 bridgehead atoms. The highest BCUT2D eigenvalue weighted by molar-refractivity contribution is 14.1. The number of rotatable bonds is 5. The summed E-state index contributed by atoms with van der Waals surface area (Å²) < 4.78 is 11.7. The van der Waals surface area contributed by atoms with E-state index >= 15 is 0 Å². The van der Waals surface area contributed by atoms with Gasteiger partial charge >= 0.3 is 5.97 Å². The summed E-state index contributed by atoms with van der Waals surface area (Å²) >= 11 is 2.23. The lowest BCUT2D eigenvalue weighted by Gasteiger charge is -2.10. The number of methoxy groups -OCH3 is 1. The van der Waals surface area contributed by atoms with Gasteiger partial charge in [0.1, 0.15) is 23.7 Å². The van der Waals surface area contributed by atoms with Crippen LogP contribution < -0.4 is 9.47 Å². The lowest BCUT2D eigenvalue weighted by molar-refractivity contribution is 0.0691. The van der Waals surface area contributed by atoms with E-state index in [1.807, 2.05) is 24.3 Å². The van der Waals surface area contributed by atoms with Crippen LogP contribution >= 0.6 is 22.6 Å². The van der Waals surface area contributed by atoms with Crippen LogP contribution in [-0.2, 0) is 6.61 Å². The van der Waals surface area contributed by atoms with Crippen molar-refractivity contribution in [2.45, 2.75) is 6.61 Å². The fraction of sp³-hybridized carbons (Fsp3) is 0.133. The van der Waals surface area contributed by atoms with E-state index < -0.39 is 5.97 Å². The van der Waals surface area contributed by atoms with Gasteiger partial charge in [0, 0.05) is 3.57 Å². The van der Waals surface area contributed by atoms with Crippen LogP contribution in [0.1, 0.15) is 15.9 Å². The second-order valence-electron chi connectivity index (χ2n) is 4.08. The zero-order valence-electron chi connectivity index (χ0n) is 10.8. The van der Waals surface area contributed by atoms with Crippen molar-refractivity contribution in [3.05, 3.63) is 57.2 Å². The Labute approximate surface area is 130 Å². The van der Waals surface area contributed by atoms with Crippen molar-refractivity contribution < 1.29 is 19.4 Å². The van der Waals surface area contributed by atoms with Crippen molar-refractivity contribution in [2.24, 2.45) is 0 Å². The molecule has 2 aromatic rings. The van der Waals surface area contributed by atoms with Crippen molar-refractivity contribution in [2.75, 3.05) is 7.11 Å². The Kier molecular flexibility index (Phi) is 4.84. The van der Waals surface area contributed by atoms with E-state index in [2.05, 4.69) is 22.6 Å². The minimum Gasteiger partial charge on any atom is -0.497 e. The van der Waals surface area contributed by atoms with E-state index in [1.165, 1.54) is 13.2 Å². The Balaban J connectivity index is 2.16. The summed E-state index contributed by atoms with van der Waals surface area (Å²) in [6, 6.07) is 12.6. The molecule has 0 heterocycles. The first-order chi connectivity index (χ1) is 9.60. The SMILES string of the molecule is COc1ccc(OCc2ccc(I)cc2)c(C(=O)O)c1. The van der Waals surface area contributed by atoms with Gasteiger partial charge in [0.25, 0.3) is 0 Å².